The zero-order chi connectivity index (χ0) is 25.0. The van der Waals surface area contributed by atoms with Gasteiger partial charge in [-0.2, -0.15) is 10.4 Å². The summed E-state index contributed by atoms with van der Waals surface area (Å²) in [5.41, 5.74) is 0.953. The molecule has 4 rings (SSSR count). The molecule has 35 heavy (non-hydrogen) atoms. The van der Waals surface area contributed by atoms with Gasteiger partial charge in [0.2, 0.25) is 0 Å². The van der Waals surface area contributed by atoms with Crippen LogP contribution in [0.4, 0.5) is 4.79 Å². The first-order valence-corrected chi connectivity index (χ1v) is 11.6. The van der Waals surface area contributed by atoms with Crippen LogP contribution in [0, 0.1) is 11.3 Å². The molecule has 1 amide bonds. The molecule has 0 aliphatic carbocycles. The molecular formula is C27H28N4O4. The van der Waals surface area contributed by atoms with E-state index in [4.69, 9.17) is 9.47 Å². The Bertz CT molecular complexity index is 1240. The van der Waals surface area contributed by atoms with E-state index >= 15 is 0 Å². The van der Waals surface area contributed by atoms with Crippen LogP contribution in [0.15, 0.2) is 54.6 Å². The molecule has 0 saturated carbocycles. The normalized spacial score (nSPS) is 15.8. The highest BCUT2D eigenvalue weighted by atomic mass is 16.6. The van der Waals surface area contributed by atoms with Gasteiger partial charge in [-0.25, -0.2) is 4.79 Å². The summed E-state index contributed by atoms with van der Waals surface area (Å²) in [5.74, 6) is 1.37. The number of nitriles is 1. The fourth-order valence-electron chi connectivity index (χ4n) is 4.10. The first-order valence-electron chi connectivity index (χ1n) is 11.6. The van der Waals surface area contributed by atoms with Crippen molar-refractivity contribution in [1.82, 2.24) is 14.7 Å². The van der Waals surface area contributed by atoms with Crippen LogP contribution < -0.4 is 4.74 Å². The van der Waals surface area contributed by atoms with Gasteiger partial charge in [-0.1, -0.05) is 18.2 Å². The number of piperidine rings is 1. The molecule has 1 unspecified atom stereocenters. The second kappa shape index (κ2) is 10.0. The predicted octanol–water partition coefficient (Wildman–Crippen LogP) is 5.60. The Morgan fingerprint density at radius 3 is 2.43 bits per heavy atom. The number of hydrogen-bond donors (Lipinski definition) is 0. The zero-order valence-electron chi connectivity index (χ0n) is 20.1. The zero-order valence-corrected chi connectivity index (χ0v) is 20.1. The molecule has 1 aliphatic heterocycles. The molecule has 3 aromatic rings. The predicted molar refractivity (Wildman–Crippen MR) is 130 cm³/mol. The number of carbonyl (C=O) groups is 2. The standard InChI is InChI=1S/C27H28N4O4/c1-27(2,3)35-26(33)30-15-7-8-20(17-30)31-24(18-32)23(16-28)25(29-31)19-11-13-22(14-12-19)34-21-9-5-4-6-10-21/h4-6,9-14,18,20H,7-8,15,17H2,1-3H3. The van der Waals surface area contributed by atoms with Crippen LogP contribution in [0.3, 0.4) is 0 Å². The third kappa shape index (κ3) is 5.52. The highest BCUT2D eigenvalue weighted by molar-refractivity contribution is 5.83. The van der Waals surface area contributed by atoms with Gasteiger partial charge in [0.25, 0.3) is 0 Å². The molecule has 1 atom stereocenters. The second-order valence-electron chi connectivity index (χ2n) is 9.44. The van der Waals surface area contributed by atoms with E-state index in [0.717, 1.165) is 18.6 Å². The molecule has 1 aliphatic rings. The number of para-hydroxylation sites is 1. The fourth-order valence-corrected chi connectivity index (χ4v) is 4.10. The lowest BCUT2D eigenvalue weighted by molar-refractivity contribution is 0.0167. The van der Waals surface area contributed by atoms with Gasteiger partial charge in [-0.05, 0) is 70.0 Å². The Morgan fingerprint density at radius 1 is 1.11 bits per heavy atom. The average Bonchev–Trinajstić information content (AvgIpc) is 3.23. The molecule has 0 bridgehead atoms. The molecule has 0 radical (unpaired) electrons. The van der Waals surface area contributed by atoms with Crippen LogP contribution in [0.5, 0.6) is 11.5 Å². The molecule has 1 saturated heterocycles. The summed E-state index contributed by atoms with van der Waals surface area (Å²) >= 11 is 0. The Hall–Kier alpha value is -4.12. The molecule has 1 fully saturated rings. The van der Waals surface area contributed by atoms with Gasteiger partial charge in [0, 0.05) is 18.7 Å². The Balaban J connectivity index is 1.59. The van der Waals surface area contributed by atoms with E-state index in [-0.39, 0.29) is 17.3 Å². The Morgan fingerprint density at radius 2 is 1.80 bits per heavy atom. The molecule has 180 valence electrons. The molecular weight excluding hydrogens is 444 g/mol. The van der Waals surface area contributed by atoms with E-state index in [1.165, 1.54) is 0 Å². The van der Waals surface area contributed by atoms with Crippen molar-refractivity contribution in [1.29, 1.82) is 5.26 Å². The average molecular weight is 473 g/mol. The number of ether oxygens (including phenoxy) is 2. The van der Waals surface area contributed by atoms with Gasteiger partial charge in [0.15, 0.2) is 6.29 Å². The maximum absolute atomic E-state index is 12.6. The number of amides is 1. The summed E-state index contributed by atoms with van der Waals surface area (Å²) in [6.45, 7) is 6.40. The van der Waals surface area contributed by atoms with E-state index < -0.39 is 11.7 Å². The second-order valence-corrected chi connectivity index (χ2v) is 9.44. The summed E-state index contributed by atoms with van der Waals surface area (Å²) < 4.78 is 12.9. The number of benzene rings is 2. The SMILES string of the molecule is CC(C)(C)OC(=O)N1CCCC(n2nc(-c3ccc(Oc4ccccc4)cc3)c(C#N)c2C=O)C1. The van der Waals surface area contributed by atoms with E-state index in [1.54, 1.807) is 21.7 Å². The minimum Gasteiger partial charge on any atom is -0.457 e. The number of rotatable bonds is 5. The van der Waals surface area contributed by atoms with Crippen LogP contribution in [0.2, 0.25) is 0 Å². The number of hydrogen-bond acceptors (Lipinski definition) is 6. The van der Waals surface area contributed by atoms with Crippen molar-refractivity contribution in [2.75, 3.05) is 13.1 Å². The monoisotopic (exact) mass is 472 g/mol. The molecule has 1 aromatic heterocycles. The van der Waals surface area contributed by atoms with Crippen LogP contribution >= 0.6 is 0 Å². The van der Waals surface area contributed by atoms with E-state index in [0.29, 0.717) is 36.4 Å². The summed E-state index contributed by atoms with van der Waals surface area (Å²) in [5, 5.41) is 14.5. The van der Waals surface area contributed by atoms with Gasteiger partial charge in [0.1, 0.15) is 40.1 Å². The van der Waals surface area contributed by atoms with Gasteiger partial charge < -0.3 is 14.4 Å². The van der Waals surface area contributed by atoms with Gasteiger partial charge in [-0.15, -0.1) is 0 Å². The minimum absolute atomic E-state index is 0.211. The number of aldehydes is 1. The Labute approximate surface area is 204 Å². The van der Waals surface area contributed by atoms with Gasteiger partial charge in [0.05, 0.1) is 6.04 Å². The van der Waals surface area contributed by atoms with Crippen molar-refractivity contribution in [2.24, 2.45) is 0 Å². The minimum atomic E-state index is -0.596. The molecule has 8 heteroatoms. The lowest BCUT2D eigenvalue weighted by Crippen LogP contribution is -2.43. The summed E-state index contributed by atoms with van der Waals surface area (Å²) in [6.07, 6.45) is 1.74. The van der Waals surface area contributed by atoms with Crippen molar-refractivity contribution >= 4 is 12.4 Å². The van der Waals surface area contributed by atoms with Crippen molar-refractivity contribution < 1.29 is 19.1 Å². The quantitative estimate of drug-likeness (QED) is 0.449. The number of carbonyl (C=O) groups excluding carboxylic acids is 2. The third-order valence-electron chi connectivity index (χ3n) is 5.67. The summed E-state index contributed by atoms with van der Waals surface area (Å²) in [7, 11) is 0. The molecule has 2 aromatic carbocycles. The highest BCUT2D eigenvalue weighted by Gasteiger charge is 2.31. The highest BCUT2D eigenvalue weighted by Crippen LogP contribution is 2.31. The maximum Gasteiger partial charge on any atom is 0.410 e. The van der Waals surface area contributed by atoms with Crippen molar-refractivity contribution in [3.63, 3.8) is 0 Å². The fraction of sp³-hybridized carbons (Fsp3) is 0.333. The van der Waals surface area contributed by atoms with E-state index in [9.17, 15) is 14.9 Å². The molecule has 2 heterocycles. The Kier molecular flexibility index (Phi) is 6.87. The number of likely N-dealkylation sites (tertiary alicyclic amines) is 1. The topological polar surface area (TPSA) is 97.4 Å². The lowest BCUT2D eigenvalue weighted by Gasteiger charge is -2.34. The van der Waals surface area contributed by atoms with E-state index in [2.05, 4.69) is 11.2 Å². The smallest absolute Gasteiger partial charge is 0.410 e. The van der Waals surface area contributed by atoms with Gasteiger partial charge in [-0.3, -0.25) is 9.48 Å². The molecule has 0 N–H and O–H groups in total. The number of aromatic nitrogens is 2. The first kappa shape index (κ1) is 24.0. The van der Waals surface area contributed by atoms with Crippen molar-refractivity contribution in [3.05, 3.63) is 65.9 Å². The van der Waals surface area contributed by atoms with Crippen LogP contribution in [0.1, 0.15) is 55.7 Å². The molecule has 0 spiro atoms. The van der Waals surface area contributed by atoms with Crippen LogP contribution in [-0.4, -0.2) is 45.8 Å². The molecule has 8 nitrogen and oxygen atoms in total. The first-order chi connectivity index (χ1) is 16.8. The van der Waals surface area contributed by atoms with E-state index in [1.807, 2.05) is 63.2 Å². The maximum atomic E-state index is 12.6. The van der Waals surface area contributed by atoms with Gasteiger partial charge >= 0.3 is 6.09 Å². The third-order valence-corrected chi connectivity index (χ3v) is 5.67. The van der Waals surface area contributed by atoms with Crippen LogP contribution in [-0.2, 0) is 4.74 Å². The lowest BCUT2D eigenvalue weighted by atomic mass is 10.0. The largest absolute Gasteiger partial charge is 0.457 e. The number of nitrogens with zero attached hydrogens (tertiary/aromatic N) is 4. The van der Waals surface area contributed by atoms with Crippen LogP contribution in [0.25, 0.3) is 11.3 Å². The summed E-state index contributed by atoms with van der Waals surface area (Å²) in [6, 6.07) is 18.6. The van der Waals surface area contributed by atoms with Crippen molar-refractivity contribution in [2.45, 2.75) is 45.3 Å². The summed E-state index contributed by atoms with van der Waals surface area (Å²) in [4.78, 5) is 26.3. The van der Waals surface area contributed by atoms with Crippen molar-refractivity contribution in [3.8, 4) is 28.8 Å².